The number of esters is 1. The molecule has 5 aromatic rings. The normalized spacial score (nSPS) is 15.0. The van der Waals surface area contributed by atoms with Gasteiger partial charge in [0.05, 0.1) is 31.0 Å². The van der Waals surface area contributed by atoms with E-state index in [4.69, 9.17) is 26.1 Å². The Morgan fingerprint density at radius 2 is 1.55 bits per heavy atom. The van der Waals surface area contributed by atoms with Gasteiger partial charge in [-0.15, -0.1) is 0 Å². The molecule has 0 unspecified atom stereocenters. The van der Waals surface area contributed by atoms with Crippen molar-refractivity contribution in [2.45, 2.75) is 38.5 Å². The Labute approximate surface area is 263 Å². The number of rotatable bonds is 6. The van der Waals surface area contributed by atoms with E-state index < -0.39 is 0 Å². The lowest BCUT2D eigenvalue weighted by atomic mass is 9.79. The van der Waals surface area contributed by atoms with Gasteiger partial charge in [0.25, 0.3) is 0 Å². The minimum Gasteiger partial charge on any atom is -0.497 e. The van der Waals surface area contributed by atoms with Gasteiger partial charge in [-0.3, -0.25) is 0 Å². The molecule has 5 heteroatoms. The predicted molar refractivity (Wildman–Crippen MR) is 179 cm³/mol. The van der Waals surface area contributed by atoms with Gasteiger partial charge in [-0.25, -0.2) is 9.78 Å². The third kappa shape index (κ3) is 5.28. The Bertz CT molecular complexity index is 1920. The van der Waals surface area contributed by atoms with Crippen LogP contribution in [0, 0.1) is 5.92 Å². The third-order valence-corrected chi connectivity index (χ3v) is 9.47. The zero-order valence-electron chi connectivity index (χ0n) is 25.0. The van der Waals surface area contributed by atoms with Gasteiger partial charge < -0.3 is 9.47 Å². The van der Waals surface area contributed by atoms with Gasteiger partial charge in [-0.2, -0.15) is 0 Å². The molecule has 4 aromatic carbocycles. The average molecular weight is 600 g/mol. The summed E-state index contributed by atoms with van der Waals surface area (Å²) in [6.07, 6.45) is 7.09. The van der Waals surface area contributed by atoms with Crippen LogP contribution < -0.4 is 4.74 Å². The fraction of sp³-hybridized carbons (Fsp3) is 0.231. The fourth-order valence-electron chi connectivity index (χ4n) is 7.02. The lowest BCUT2D eigenvalue weighted by molar-refractivity contribution is 0.0600. The molecule has 0 saturated heterocycles. The van der Waals surface area contributed by atoms with Crippen molar-refractivity contribution in [1.82, 2.24) is 4.98 Å². The molecule has 2 aliphatic carbocycles. The summed E-state index contributed by atoms with van der Waals surface area (Å²) in [4.78, 5) is 17.5. The molecule has 2 aliphatic rings. The number of hydrogen-bond donors (Lipinski definition) is 0. The molecule has 1 fully saturated rings. The van der Waals surface area contributed by atoms with Crippen LogP contribution in [-0.4, -0.2) is 25.2 Å². The summed E-state index contributed by atoms with van der Waals surface area (Å²) in [7, 11) is 3.12. The molecule has 1 saturated carbocycles. The van der Waals surface area contributed by atoms with E-state index in [1.54, 1.807) is 7.11 Å². The van der Waals surface area contributed by atoms with E-state index in [0.29, 0.717) is 16.5 Å². The van der Waals surface area contributed by atoms with Crippen LogP contribution in [0.3, 0.4) is 0 Å². The van der Waals surface area contributed by atoms with Crippen LogP contribution in [0.4, 0.5) is 0 Å². The lowest BCUT2D eigenvalue weighted by Gasteiger charge is -2.25. The first-order valence-electron chi connectivity index (χ1n) is 15.3. The summed E-state index contributed by atoms with van der Waals surface area (Å²) in [5.74, 6) is 1.04. The van der Waals surface area contributed by atoms with Crippen molar-refractivity contribution in [2.24, 2.45) is 5.92 Å². The Hall–Kier alpha value is -4.41. The number of carbonyl (C=O) groups is 1. The number of halogens is 1. The van der Waals surface area contributed by atoms with Crippen LogP contribution in [0.2, 0.25) is 5.02 Å². The number of hydrogen-bond acceptors (Lipinski definition) is 4. The minimum atomic E-state index is -0.289. The monoisotopic (exact) mass is 599 g/mol. The van der Waals surface area contributed by atoms with Gasteiger partial charge in [0.1, 0.15) is 5.75 Å². The maximum atomic E-state index is 12.3. The van der Waals surface area contributed by atoms with Crippen molar-refractivity contribution in [3.8, 4) is 28.1 Å². The topological polar surface area (TPSA) is 48.4 Å². The standard InChI is InChI=1S/C39H34ClNO3/c1-43-31-15-17-32(24-8-13-30(40)14-9-24)35(23-31)37-19-12-27-20-26(11-18-36(27)41-37)34-22-29-21-28(39(42)44-2)10-16-33(29)38(34)25-6-4-3-5-7-25/h8-21,23,25H,3-7,22H2,1-2H3. The van der Waals surface area contributed by atoms with Crippen LogP contribution >= 0.6 is 11.6 Å². The highest BCUT2D eigenvalue weighted by atomic mass is 35.5. The van der Waals surface area contributed by atoms with Crippen molar-refractivity contribution < 1.29 is 14.3 Å². The second-order valence-corrected chi connectivity index (χ2v) is 12.2. The minimum absolute atomic E-state index is 0.289. The Morgan fingerprint density at radius 1 is 0.773 bits per heavy atom. The zero-order valence-corrected chi connectivity index (χ0v) is 25.8. The second kappa shape index (κ2) is 11.9. The highest BCUT2D eigenvalue weighted by molar-refractivity contribution is 6.30. The number of benzene rings is 4. The largest absolute Gasteiger partial charge is 0.497 e. The van der Waals surface area contributed by atoms with E-state index in [1.807, 2.05) is 48.5 Å². The molecule has 44 heavy (non-hydrogen) atoms. The van der Waals surface area contributed by atoms with Gasteiger partial charge in [0.2, 0.25) is 0 Å². The van der Waals surface area contributed by atoms with Crippen LogP contribution in [0.25, 0.3) is 44.4 Å². The van der Waals surface area contributed by atoms with Crippen molar-refractivity contribution in [1.29, 1.82) is 0 Å². The average Bonchev–Trinajstić information content (AvgIpc) is 3.47. The fourth-order valence-corrected chi connectivity index (χ4v) is 7.14. The molecule has 0 amide bonds. The molecule has 4 nitrogen and oxygen atoms in total. The Morgan fingerprint density at radius 3 is 2.32 bits per heavy atom. The Balaban J connectivity index is 1.29. The van der Waals surface area contributed by atoms with Crippen molar-refractivity contribution in [3.63, 3.8) is 0 Å². The summed E-state index contributed by atoms with van der Waals surface area (Å²) in [6, 6.07) is 31.0. The molecule has 0 spiro atoms. The number of allylic oxidation sites excluding steroid dienone is 2. The van der Waals surface area contributed by atoms with Crippen molar-refractivity contribution in [2.75, 3.05) is 14.2 Å². The molecule has 0 radical (unpaired) electrons. The Kier molecular flexibility index (Phi) is 7.69. The van der Waals surface area contributed by atoms with Crippen LogP contribution in [0.1, 0.15) is 59.2 Å². The van der Waals surface area contributed by atoms with Crippen molar-refractivity contribution in [3.05, 3.63) is 118 Å². The SMILES string of the molecule is COC(=O)c1ccc2c(c1)CC(c1ccc3nc(-c4cc(OC)ccc4-c4ccc(Cl)cc4)ccc3c1)=C2C1CCCCC1. The smallest absolute Gasteiger partial charge is 0.337 e. The van der Waals surface area contributed by atoms with E-state index in [1.165, 1.54) is 67.1 Å². The summed E-state index contributed by atoms with van der Waals surface area (Å²) < 4.78 is 10.6. The van der Waals surface area contributed by atoms with Gasteiger partial charge in [0.15, 0.2) is 0 Å². The number of nitrogens with zero attached hydrogens (tertiary/aromatic N) is 1. The third-order valence-electron chi connectivity index (χ3n) is 9.22. The molecule has 0 N–H and O–H groups in total. The van der Waals surface area contributed by atoms with Crippen LogP contribution in [0.15, 0.2) is 91.0 Å². The number of pyridine rings is 1. The predicted octanol–water partition coefficient (Wildman–Crippen LogP) is 10.1. The first kappa shape index (κ1) is 28.4. The quantitative estimate of drug-likeness (QED) is 0.182. The molecule has 1 aromatic heterocycles. The lowest BCUT2D eigenvalue weighted by Crippen LogP contribution is -2.09. The molecule has 0 bridgehead atoms. The van der Waals surface area contributed by atoms with E-state index in [0.717, 1.165) is 45.5 Å². The van der Waals surface area contributed by atoms with Crippen LogP contribution in [0.5, 0.6) is 5.75 Å². The van der Waals surface area contributed by atoms with E-state index >= 15 is 0 Å². The molecule has 7 rings (SSSR count). The van der Waals surface area contributed by atoms with E-state index in [-0.39, 0.29) is 5.97 Å². The molecule has 0 atom stereocenters. The van der Waals surface area contributed by atoms with Gasteiger partial charge in [-0.1, -0.05) is 67.3 Å². The summed E-state index contributed by atoms with van der Waals surface area (Å²) in [5, 5.41) is 1.81. The summed E-state index contributed by atoms with van der Waals surface area (Å²) in [6.45, 7) is 0. The maximum absolute atomic E-state index is 12.3. The van der Waals surface area contributed by atoms with E-state index in [2.05, 4.69) is 42.5 Å². The number of ether oxygens (including phenoxy) is 2. The van der Waals surface area contributed by atoms with Gasteiger partial charge >= 0.3 is 5.97 Å². The highest BCUT2D eigenvalue weighted by Crippen LogP contribution is 2.47. The first-order chi connectivity index (χ1) is 21.5. The van der Waals surface area contributed by atoms with Crippen LogP contribution in [-0.2, 0) is 11.2 Å². The maximum Gasteiger partial charge on any atom is 0.337 e. The molecular weight excluding hydrogens is 566 g/mol. The molecular formula is C39H34ClNO3. The van der Waals surface area contributed by atoms with Gasteiger partial charge in [-0.05, 0) is 119 Å². The zero-order chi connectivity index (χ0) is 30.2. The van der Waals surface area contributed by atoms with Gasteiger partial charge in [0, 0.05) is 16.0 Å². The molecule has 220 valence electrons. The van der Waals surface area contributed by atoms with E-state index in [9.17, 15) is 4.79 Å². The molecule has 1 heterocycles. The number of methoxy groups -OCH3 is 2. The summed E-state index contributed by atoms with van der Waals surface area (Å²) >= 11 is 6.18. The number of fused-ring (bicyclic) bond motifs is 2. The number of aromatic nitrogens is 1. The first-order valence-corrected chi connectivity index (χ1v) is 15.7. The second-order valence-electron chi connectivity index (χ2n) is 11.8. The summed E-state index contributed by atoms with van der Waals surface area (Å²) in [5.41, 5.74) is 12.2. The van der Waals surface area contributed by atoms with Crippen molar-refractivity contribution >= 4 is 39.6 Å². The molecule has 0 aliphatic heterocycles. The highest BCUT2D eigenvalue weighted by Gasteiger charge is 2.30. The number of carbonyl (C=O) groups excluding carboxylic acids is 1.